The average molecular weight is 1610 g/mol. The van der Waals surface area contributed by atoms with E-state index in [1.54, 1.807) is 0 Å². The third kappa shape index (κ3) is 89.4. The van der Waals surface area contributed by atoms with Gasteiger partial charge in [-0.2, -0.15) is 56.8 Å². The number of sulfonamides is 4. The van der Waals surface area contributed by atoms with E-state index in [-0.39, 0.29) is 128 Å². The summed E-state index contributed by atoms with van der Waals surface area (Å²) in [5, 5.41) is 0. The van der Waals surface area contributed by atoms with Crippen LogP contribution in [0, 0.1) is 0 Å². The van der Waals surface area contributed by atoms with Gasteiger partial charge in [-0.25, -0.2) is 47.9 Å². The van der Waals surface area contributed by atoms with Crippen LogP contribution in [-0.2, 0) is 92.0 Å². The molecule has 0 aromatic carbocycles. The Morgan fingerprint density at radius 1 is 0.396 bits per heavy atom. The molecule has 2 saturated heterocycles. The Bertz CT molecular complexity index is 2490. The fraction of sp³-hybridized carbons (Fsp3) is 1.00. The first-order valence-electron chi connectivity index (χ1n) is 25.5. The van der Waals surface area contributed by atoms with Gasteiger partial charge in [0.2, 0.25) is 10.0 Å². The van der Waals surface area contributed by atoms with E-state index in [4.69, 9.17) is 50.5 Å². The molecule has 0 aromatic heterocycles. The lowest BCUT2D eigenvalue weighted by molar-refractivity contribution is -0.274. The zero-order chi connectivity index (χ0) is 66.8. The molecule has 44 heteroatoms. The standard InChI is InChI=1S/C14H27F4NO3S.C13H29NO2S.C7H11F4NO3S.C6H11F2NO2S.12CH4.4O3S/c1-3-5-7-9-11-19(12-10-8-6-4-2)23(20,21)14(17,18)22-13(15)16;1-3-4-5-6-7-8-9-10-11-12-13-14-17(2,15)16;8-6(9)15-7(10,11)16(13,14)12-4-2-1-3-5-12;7-6(8)12(10,11)9-4-2-1-3-5-9;;;;;;;;;;;;;4*1-4(2)3/h13H,3-12H2,1-2H3;14H,3-13H2,1-2H3;6H,1-5H2;6H,1-5H2;12*1H4;;;;. The maximum atomic E-state index is 13.5. The number of piperidine rings is 2. The largest absolute Gasteiger partial charge is 0.481 e. The second-order valence-electron chi connectivity index (χ2n) is 17.1. The topological polar surface area (TPSA) is 382 Å². The second-order valence-corrected chi connectivity index (χ2v) is 26.4. The molecule has 0 spiro atoms. The Kier molecular flexibility index (Phi) is 119. The van der Waals surface area contributed by atoms with Gasteiger partial charge in [0.05, 0.1) is 6.26 Å². The van der Waals surface area contributed by atoms with Crippen molar-refractivity contribution in [2.45, 2.75) is 294 Å². The van der Waals surface area contributed by atoms with Crippen molar-refractivity contribution in [2.24, 2.45) is 0 Å². The smallest absolute Gasteiger partial charge is 0.243 e. The van der Waals surface area contributed by atoms with E-state index >= 15 is 0 Å². The van der Waals surface area contributed by atoms with Crippen LogP contribution >= 0.6 is 0 Å². The van der Waals surface area contributed by atoms with E-state index in [1.807, 2.05) is 13.8 Å². The van der Waals surface area contributed by atoms with Crippen LogP contribution in [0.4, 0.5) is 43.9 Å². The number of nitrogens with one attached hydrogen (secondary N) is 1. The van der Waals surface area contributed by atoms with Crippen molar-refractivity contribution >= 4 is 82.5 Å². The highest BCUT2D eigenvalue weighted by atomic mass is 32.2. The lowest BCUT2D eigenvalue weighted by Gasteiger charge is -2.28. The van der Waals surface area contributed by atoms with Gasteiger partial charge in [-0.15, -0.1) is 50.5 Å². The summed E-state index contributed by atoms with van der Waals surface area (Å²) in [5.41, 5.74) is -9.80. The Balaban J connectivity index is -0.0000000476. The lowest BCUT2D eigenvalue weighted by Crippen LogP contribution is -2.47. The molecule has 0 radical (unpaired) electrons. The van der Waals surface area contributed by atoms with Gasteiger partial charge in [-0.1, -0.05) is 219 Å². The van der Waals surface area contributed by atoms with Crippen LogP contribution < -0.4 is 4.72 Å². The van der Waals surface area contributed by atoms with Crippen LogP contribution in [0.2, 0.25) is 0 Å². The highest BCUT2D eigenvalue weighted by Crippen LogP contribution is 2.32. The molecule has 0 saturated carbocycles. The normalized spacial score (nSPS) is 12.4. The number of nitrogens with zero attached hydrogens (tertiary/aromatic N) is 3. The van der Waals surface area contributed by atoms with E-state index in [1.165, 1.54) is 57.6 Å². The van der Waals surface area contributed by atoms with E-state index in [9.17, 15) is 77.6 Å². The van der Waals surface area contributed by atoms with E-state index in [0.29, 0.717) is 66.5 Å². The first-order valence-corrected chi connectivity index (χ1v) is 35.7. The fourth-order valence-electron chi connectivity index (χ4n) is 6.62. The van der Waals surface area contributed by atoms with Crippen molar-refractivity contribution in [2.75, 3.05) is 52.1 Å². The number of hydrogen-bond acceptors (Lipinski definition) is 22. The molecule has 604 valence electrons. The molecule has 0 amide bonds. The van der Waals surface area contributed by atoms with Gasteiger partial charge in [-0.05, 0) is 44.9 Å². The van der Waals surface area contributed by atoms with Crippen LogP contribution in [0.5, 0.6) is 0 Å². The highest BCUT2D eigenvalue weighted by molar-refractivity contribution is 7.90. The summed E-state index contributed by atoms with van der Waals surface area (Å²) >= 11 is 0. The van der Waals surface area contributed by atoms with Crippen LogP contribution in [0.25, 0.3) is 0 Å². The van der Waals surface area contributed by atoms with Crippen LogP contribution in [-0.4, -0.2) is 179 Å². The van der Waals surface area contributed by atoms with Crippen molar-refractivity contribution in [3.8, 4) is 0 Å². The molecule has 1 N–H and O–H groups in total. The lowest BCUT2D eigenvalue weighted by atomic mass is 10.1. The third-order valence-electron chi connectivity index (χ3n) is 10.4. The molecule has 0 atom stereocenters. The van der Waals surface area contributed by atoms with Crippen molar-refractivity contribution in [3.63, 3.8) is 0 Å². The summed E-state index contributed by atoms with van der Waals surface area (Å²) in [6, 6.07) is 0. The van der Waals surface area contributed by atoms with Gasteiger partial charge in [0.25, 0.3) is 10.0 Å². The van der Waals surface area contributed by atoms with Gasteiger partial charge in [0.15, 0.2) is 0 Å². The number of alkyl halides is 10. The van der Waals surface area contributed by atoms with Crippen LogP contribution in [0.3, 0.4) is 0 Å². The maximum absolute atomic E-state index is 13.5. The molecular weight excluding hydrogens is 1480 g/mol. The molecule has 96 heavy (non-hydrogen) atoms. The molecule has 2 aliphatic rings. The Morgan fingerprint density at radius 3 is 0.885 bits per heavy atom. The Labute approximate surface area is 580 Å². The molecule has 0 aliphatic carbocycles. The molecule has 2 rings (SSSR count). The molecule has 0 unspecified atom stereocenters. The Hall–Kier alpha value is -2.66. The minimum atomic E-state index is -5.27. The molecule has 2 fully saturated rings. The summed E-state index contributed by atoms with van der Waals surface area (Å²) in [5.74, 6) is -3.27. The van der Waals surface area contributed by atoms with E-state index < -0.39 is 112 Å². The number of unbranched alkanes of at least 4 members (excludes halogenated alkanes) is 15. The van der Waals surface area contributed by atoms with Crippen LogP contribution in [0.15, 0.2) is 0 Å². The molecule has 0 aromatic rings. The minimum Gasteiger partial charge on any atom is -0.243 e. The van der Waals surface area contributed by atoms with E-state index in [0.717, 1.165) is 55.7 Å². The number of halogens is 10. The number of hydrogen-bond donors (Lipinski definition) is 1. The van der Waals surface area contributed by atoms with Crippen LogP contribution in [0.1, 0.15) is 264 Å². The number of rotatable bonds is 32. The molecule has 26 nitrogen and oxygen atoms in total. The monoisotopic (exact) mass is 1600 g/mol. The van der Waals surface area contributed by atoms with Crippen molar-refractivity contribution < 1.29 is 138 Å². The minimum absolute atomic E-state index is 0. The maximum Gasteiger partial charge on any atom is 0.481 e. The fourth-order valence-corrected chi connectivity index (χ4v) is 10.6. The first kappa shape index (κ1) is 140. The summed E-state index contributed by atoms with van der Waals surface area (Å²) in [6.07, 6.45) is 23.6. The van der Waals surface area contributed by atoms with Gasteiger partial charge < -0.3 is 0 Å². The zero-order valence-electron chi connectivity index (χ0n) is 46.5. The third-order valence-corrected chi connectivity index (χ3v) is 16.1. The quantitative estimate of drug-likeness (QED) is 0.0483. The van der Waals surface area contributed by atoms with Crippen molar-refractivity contribution in [3.05, 3.63) is 0 Å². The van der Waals surface area contributed by atoms with Gasteiger partial charge >= 0.3 is 92.3 Å². The molecule has 2 aliphatic heterocycles. The van der Waals surface area contributed by atoms with Gasteiger partial charge in [0, 0.05) is 45.8 Å². The summed E-state index contributed by atoms with van der Waals surface area (Å²) < 4.78 is 326. The predicted molar refractivity (Wildman–Crippen MR) is 362 cm³/mol. The summed E-state index contributed by atoms with van der Waals surface area (Å²) in [7, 11) is -30.2. The summed E-state index contributed by atoms with van der Waals surface area (Å²) in [4.78, 5) is 0. The molecular formula is C52H126F10N4O22S8. The van der Waals surface area contributed by atoms with Crippen molar-refractivity contribution in [1.29, 1.82) is 0 Å². The van der Waals surface area contributed by atoms with E-state index in [2.05, 4.69) is 21.1 Å². The summed E-state index contributed by atoms with van der Waals surface area (Å²) in [6.45, 7) is -0.869. The van der Waals surface area contributed by atoms with Gasteiger partial charge in [-0.3, -0.25) is 0 Å². The average Bonchev–Trinajstić information content (AvgIpc) is 3.34. The zero-order valence-corrected chi connectivity index (χ0v) is 53.1. The molecule has 2 heterocycles. The SMILES string of the molecule is C.C.C.C.C.C.C.C.C.C.C.C.CCCCCCCCCCCCNS(C)(=O)=O.CCCCCCN(CCCCCC)S(=O)(=O)C(F)(F)OC(F)F.O=S(=O)(C(F)F)N1CCCCC1.O=S(=O)(N1CCCCC1)C(F)(F)OC(F)F.O=S(=O)=O.O=S(=O)=O.O=S(=O)=O.O=S(=O)=O. The Morgan fingerprint density at radius 2 is 0.635 bits per heavy atom. The first-order chi connectivity index (χ1) is 38.5. The van der Waals surface area contributed by atoms with Crippen molar-refractivity contribution in [1.82, 2.24) is 17.6 Å². The number of ether oxygens (including phenoxy) is 2. The second kappa shape index (κ2) is 81.3. The molecule has 0 bridgehead atoms. The van der Waals surface area contributed by atoms with Gasteiger partial charge in [0.1, 0.15) is 0 Å². The highest BCUT2D eigenvalue weighted by Gasteiger charge is 2.54. The predicted octanol–water partition coefficient (Wildman–Crippen LogP) is 14.3.